The molecule has 0 atom stereocenters. The summed E-state index contributed by atoms with van der Waals surface area (Å²) in [4.78, 5) is 23.4. The molecule has 0 saturated carbocycles. The monoisotopic (exact) mass is 422 g/mol. The van der Waals surface area contributed by atoms with Crippen molar-refractivity contribution in [3.05, 3.63) is 48.0 Å². The average molecular weight is 422 g/mol. The Labute approximate surface area is 173 Å². The highest BCUT2D eigenvalue weighted by molar-refractivity contribution is 5.72. The number of hydrogen-bond donors (Lipinski definition) is 2. The molecule has 8 heteroatoms. The normalized spacial score (nSPS) is 10.6. The summed E-state index contributed by atoms with van der Waals surface area (Å²) >= 11 is 0. The van der Waals surface area contributed by atoms with E-state index >= 15 is 0 Å². The molecule has 0 spiro atoms. The van der Waals surface area contributed by atoms with Crippen LogP contribution < -0.4 is 9.47 Å². The highest BCUT2D eigenvalue weighted by Crippen LogP contribution is 2.22. The summed E-state index contributed by atoms with van der Waals surface area (Å²) in [5.41, 5.74) is 0. The molecule has 0 heterocycles. The van der Waals surface area contributed by atoms with Gasteiger partial charge in [-0.3, -0.25) is 9.59 Å². The minimum absolute atomic E-state index is 0.0530. The number of ether oxygens (including phenoxy) is 2. The average Bonchev–Trinajstić information content (AvgIpc) is 2.69. The van der Waals surface area contributed by atoms with Crippen LogP contribution in [0, 0.1) is 11.6 Å². The van der Waals surface area contributed by atoms with Gasteiger partial charge in [0.15, 0.2) is 23.1 Å². The second kappa shape index (κ2) is 11.7. The van der Waals surface area contributed by atoms with Gasteiger partial charge in [0.05, 0.1) is 0 Å². The van der Waals surface area contributed by atoms with Crippen LogP contribution in [0.5, 0.6) is 23.0 Å². The molecule has 0 saturated heterocycles. The second-order valence-corrected chi connectivity index (χ2v) is 6.80. The third kappa shape index (κ3) is 8.06. The van der Waals surface area contributed by atoms with Crippen molar-refractivity contribution in [2.24, 2.45) is 0 Å². The Hall–Kier alpha value is -3.16. The Kier molecular flexibility index (Phi) is 9.05. The molecule has 0 amide bonds. The molecule has 0 fully saturated rings. The molecule has 0 aliphatic rings. The number of benzene rings is 2. The van der Waals surface area contributed by atoms with E-state index < -0.39 is 35.1 Å². The van der Waals surface area contributed by atoms with Crippen molar-refractivity contribution < 1.29 is 38.1 Å². The fourth-order valence-electron chi connectivity index (χ4n) is 2.71. The van der Waals surface area contributed by atoms with E-state index in [2.05, 4.69) is 0 Å². The quantitative estimate of drug-likeness (QED) is 0.300. The minimum atomic E-state index is -0.848. The molecule has 2 rings (SSSR count). The Bertz CT molecular complexity index is 797. The van der Waals surface area contributed by atoms with Crippen LogP contribution in [-0.4, -0.2) is 22.2 Å². The number of phenolic OH excluding ortho intramolecular Hbond substituents is 2. The van der Waals surface area contributed by atoms with Gasteiger partial charge >= 0.3 is 11.9 Å². The molecule has 2 aromatic rings. The second-order valence-electron chi connectivity index (χ2n) is 6.80. The molecule has 0 unspecified atom stereocenters. The van der Waals surface area contributed by atoms with E-state index in [1.165, 1.54) is 12.1 Å². The lowest BCUT2D eigenvalue weighted by Gasteiger charge is -2.06. The van der Waals surface area contributed by atoms with Crippen molar-refractivity contribution in [3.63, 3.8) is 0 Å². The van der Waals surface area contributed by atoms with Gasteiger partial charge in [-0.25, -0.2) is 8.78 Å². The van der Waals surface area contributed by atoms with E-state index in [0.29, 0.717) is 12.8 Å². The smallest absolute Gasteiger partial charge is 0.311 e. The number of hydrogen-bond acceptors (Lipinski definition) is 6. The van der Waals surface area contributed by atoms with Crippen LogP contribution in [0.15, 0.2) is 36.4 Å². The van der Waals surface area contributed by atoms with Crippen molar-refractivity contribution in [1.82, 2.24) is 0 Å². The number of aromatic hydroxyl groups is 2. The van der Waals surface area contributed by atoms with Gasteiger partial charge in [0.1, 0.15) is 11.5 Å². The van der Waals surface area contributed by atoms with Gasteiger partial charge in [-0.1, -0.05) is 25.7 Å². The molecule has 6 nitrogen and oxygen atoms in total. The van der Waals surface area contributed by atoms with Crippen LogP contribution >= 0.6 is 0 Å². The first-order valence-corrected chi connectivity index (χ1v) is 9.73. The maximum Gasteiger partial charge on any atom is 0.311 e. The lowest BCUT2D eigenvalue weighted by molar-refractivity contribution is -0.135. The lowest BCUT2D eigenvalue weighted by Crippen LogP contribution is -2.08. The summed E-state index contributed by atoms with van der Waals surface area (Å²) < 4.78 is 36.4. The fourth-order valence-corrected chi connectivity index (χ4v) is 2.71. The highest BCUT2D eigenvalue weighted by atomic mass is 19.1. The molecular formula is C22H24F2O6. The zero-order chi connectivity index (χ0) is 21.9. The fraction of sp³-hybridized carbons (Fsp3) is 0.364. The van der Waals surface area contributed by atoms with Gasteiger partial charge in [-0.15, -0.1) is 0 Å². The Morgan fingerprint density at radius 2 is 1.03 bits per heavy atom. The van der Waals surface area contributed by atoms with E-state index in [4.69, 9.17) is 19.7 Å². The lowest BCUT2D eigenvalue weighted by atomic mass is 10.1. The van der Waals surface area contributed by atoms with Gasteiger partial charge in [0.25, 0.3) is 0 Å². The number of halogens is 2. The summed E-state index contributed by atoms with van der Waals surface area (Å²) in [6.07, 6.45) is 5.09. The van der Waals surface area contributed by atoms with Crippen molar-refractivity contribution >= 4 is 11.9 Å². The minimum Gasteiger partial charge on any atom is -0.505 e. The number of carbonyl (C=O) groups is 2. The van der Waals surface area contributed by atoms with Crippen LogP contribution in [0.25, 0.3) is 0 Å². The summed E-state index contributed by atoms with van der Waals surface area (Å²) in [6, 6.07) is 6.79. The summed E-state index contributed by atoms with van der Waals surface area (Å²) in [6.45, 7) is 0. The van der Waals surface area contributed by atoms with E-state index in [1.807, 2.05) is 0 Å². The maximum atomic E-state index is 13.2. The zero-order valence-electron chi connectivity index (χ0n) is 16.4. The van der Waals surface area contributed by atoms with Gasteiger partial charge < -0.3 is 19.7 Å². The number of unbranched alkanes of at least 4 members (excludes halogenated alkanes) is 5. The topological polar surface area (TPSA) is 93.1 Å². The number of phenols is 2. The van der Waals surface area contributed by atoms with Crippen molar-refractivity contribution in [3.8, 4) is 23.0 Å². The molecule has 2 N–H and O–H groups in total. The molecule has 0 bridgehead atoms. The van der Waals surface area contributed by atoms with Crippen molar-refractivity contribution in [1.29, 1.82) is 0 Å². The highest BCUT2D eigenvalue weighted by Gasteiger charge is 2.09. The van der Waals surface area contributed by atoms with Crippen molar-refractivity contribution in [2.75, 3.05) is 0 Å². The molecule has 0 aliphatic carbocycles. The van der Waals surface area contributed by atoms with E-state index in [0.717, 1.165) is 49.9 Å². The first-order chi connectivity index (χ1) is 14.3. The summed E-state index contributed by atoms with van der Waals surface area (Å²) in [5, 5.41) is 18.2. The zero-order valence-corrected chi connectivity index (χ0v) is 16.4. The number of rotatable bonds is 11. The summed E-state index contributed by atoms with van der Waals surface area (Å²) in [5.74, 6) is -3.52. The van der Waals surface area contributed by atoms with E-state index in [1.54, 1.807) is 0 Å². The third-order valence-corrected chi connectivity index (χ3v) is 4.31. The van der Waals surface area contributed by atoms with Crippen LogP contribution in [-0.2, 0) is 9.59 Å². The maximum absolute atomic E-state index is 13.2. The molecule has 30 heavy (non-hydrogen) atoms. The molecule has 2 aromatic carbocycles. The third-order valence-electron chi connectivity index (χ3n) is 4.31. The Balaban J connectivity index is 1.50. The molecular weight excluding hydrogens is 398 g/mol. The van der Waals surface area contributed by atoms with Gasteiger partial charge in [0, 0.05) is 25.0 Å². The van der Waals surface area contributed by atoms with Crippen LogP contribution in [0.2, 0.25) is 0 Å². The molecule has 162 valence electrons. The Morgan fingerprint density at radius 1 is 0.667 bits per heavy atom. The van der Waals surface area contributed by atoms with Crippen molar-refractivity contribution in [2.45, 2.75) is 51.4 Å². The van der Waals surface area contributed by atoms with E-state index in [9.17, 15) is 18.4 Å². The van der Waals surface area contributed by atoms with Gasteiger partial charge in [-0.2, -0.15) is 0 Å². The van der Waals surface area contributed by atoms with Crippen LogP contribution in [0.4, 0.5) is 8.78 Å². The largest absolute Gasteiger partial charge is 0.505 e. The standard InChI is InChI=1S/C22H24F2O6/c23-17-13-15(9-11-19(17)25)29-21(27)7-5-3-1-2-4-6-8-22(28)30-16-10-12-20(26)18(24)14-16/h9-14,25-26H,1-8H2. The number of esters is 2. The molecule has 0 aromatic heterocycles. The molecule has 0 aliphatic heterocycles. The molecule has 0 radical (unpaired) electrons. The predicted octanol–water partition coefficient (Wildman–Crippen LogP) is 5.01. The van der Waals surface area contributed by atoms with Crippen LogP contribution in [0.1, 0.15) is 51.4 Å². The first-order valence-electron chi connectivity index (χ1n) is 9.73. The van der Waals surface area contributed by atoms with E-state index in [-0.39, 0.29) is 24.3 Å². The number of carbonyl (C=O) groups excluding carboxylic acids is 2. The predicted molar refractivity (Wildman–Crippen MR) is 104 cm³/mol. The van der Waals surface area contributed by atoms with Gasteiger partial charge in [-0.05, 0) is 37.1 Å². The SMILES string of the molecule is O=C(CCCCCCCCC(=O)Oc1ccc(O)c(F)c1)Oc1ccc(O)c(F)c1. The first kappa shape index (κ1) is 23.1. The van der Waals surface area contributed by atoms with Crippen LogP contribution in [0.3, 0.4) is 0 Å². The van der Waals surface area contributed by atoms with Gasteiger partial charge in [0.2, 0.25) is 0 Å². The summed E-state index contributed by atoms with van der Waals surface area (Å²) in [7, 11) is 0. The Morgan fingerprint density at radius 3 is 1.40 bits per heavy atom.